The summed E-state index contributed by atoms with van der Waals surface area (Å²) in [5, 5.41) is 8.94. The number of carbonyl (C=O) groups is 2. The fraction of sp³-hybridized carbons (Fsp3) is 0.227. The minimum atomic E-state index is -4.69. The molecular formula is C22H17ClF4N4O3. The van der Waals surface area contributed by atoms with E-state index in [2.05, 4.69) is 15.7 Å². The summed E-state index contributed by atoms with van der Waals surface area (Å²) < 4.78 is 59.1. The van der Waals surface area contributed by atoms with Gasteiger partial charge >= 0.3 is 6.18 Å². The van der Waals surface area contributed by atoms with E-state index in [1.807, 2.05) is 0 Å². The van der Waals surface area contributed by atoms with Crippen LogP contribution in [0.25, 0.3) is 11.1 Å². The molecule has 0 saturated heterocycles. The maximum absolute atomic E-state index is 13.4. The molecule has 1 aliphatic rings. The van der Waals surface area contributed by atoms with Crippen LogP contribution in [-0.2, 0) is 27.1 Å². The van der Waals surface area contributed by atoms with Crippen molar-refractivity contribution in [3.8, 4) is 11.1 Å². The number of hydrogen-bond donors (Lipinski definition) is 2. The zero-order valence-corrected chi connectivity index (χ0v) is 18.3. The quantitative estimate of drug-likeness (QED) is 0.469. The van der Waals surface area contributed by atoms with Gasteiger partial charge in [-0.15, -0.1) is 0 Å². The molecule has 0 radical (unpaired) electrons. The molecule has 0 aliphatic carbocycles. The Kier molecular flexibility index (Phi) is 6.32. The first-order chi connectivity index (χ1) is 16.1. The van der Waals surface area contributed by atoms with Crippen molar-refractivity contribution in [2.24, 2.45) is 0 Å². The van der Waals surface area contributed by atoms with Gasteiger partial charge in [0.15, 0.2) is 0 Å². The average Bonchev–Trinajstić information content (AvgIpc) is 3.25. The Morgan fingerprint density at radius 1 is 1.24 bits per heavy atom. The smallest absolute Gasteiger partial charge is 0.378 e. The number of benzene rings is 2. The van der Waals surface area contributed by atoms with Gasteiger partial charge < -0.3 is 15.4 Å². The number of nitrogens with zero attached hydrogens (tertiary/aromatic N) is 2. The van der Waals surface area contributed by atoms with E-state index in [4.69, 9.17) is 16.3 Å². The van der Waals surface area contributed by atoms with Crippen molar-refractivity contribution in [2.75, 3.05) is 17.7 Å². The zero-order chi connectivity index (χ0) is 24.6. The van der Waals surface area contributed by atoms with E-state index in [1.54, 1.807) is 0 Å². The molecule has 2 amide bonds. The SMILES string of the molecule is COCc1nn2c(c1-c1ccc(F)cc1)NC(=O)C2CC(=O)Nc1ccc(Cl)c(C(F)(F)F)c1. The fourth-order valence-corrected chi connectivity index (χ4v) is 3.91. The fourth-order valence-electron chi connectivity index (χ4n) is 3.68. The summed E-state index contributed by atoms with van der Waals surface area (Å²) in [6.45, 7) is 0.0898. The Balaban J connectivity index is 1.59. The summed E-state index contributed by atoms with van der Waals surface area (Å²) in [7, 11) is 1.46. The number of hydrogen-bond acceptors (Lipinski definition) is 4. The Hall–Kier alpha value is -3.44. The first-order valence-electron chi connectivity index (χ1n) is 9.92. The highest BCUT2D eigenvalue weighted by atomic mass is 35.5. The molecule has 1 aromatic heterocycles. The molecule has 7 nitrogen and oxygen atoms in total. The predicted molar refractivity (Wildman–Crippen MR) is 116 cm³/mol. The van der Waals surface area contributed by atoms with Crippen LogP contribution in [0.5, 0.6) is 0 Å². The topological polar surface area (TPSA) is 85.2 Å². The zero-order valence-electron chi connectivity index (χ0n) is 17.5. The largest absolute Gasteiger partial charge is 0.417 e. The normalized spacial score (nSPS) is 15.2. The summed E-state index contributed by atoms with van der Waals surface area (Å²) in [5.41, 5.74) is 0.356. The Morgan fingerprint density at radius 2 is 1.94 bits per heavy atom. The molecular weight excluding hydrogens is 480 g/mol. The van der Waals surface area contributed by atoms with Crippen LogP contribution in [-0.4, -0.2) is 28.7 Å². The Bertz CT molecular complexity index is 1260. The van der Waals surface area contributed by atoms with Gasteiger partial charge in [-0.1, -0.05) is 23.7 Å². The molecule has 0 saturated carbocycles. The van der Waals surface area contributed by atoms with Crippen molar-refractivity contribution in [3.05, 3.63) is 64.6 Å². The lowest BCUT2D eigenvalue weighted by Crippen LogP contribution is -2.24. The van der Waals surface area contributed by atoms with Crippen LogP contribution in [0, 0.1) is 5.82 Å². The summed E-state index contributed by atoms with van der Waals surface area (Å²) in [4.78, 5) is 25.2. The van der Waals surface area contributed by atoms with Crippen LogP contribution in [0.1, 0.15) is 23.7 Å². The number of halogens is 5. The van der Waals surface area contributed by atoms with Gasteiger partial charge in [0.25, 0.3) is 5.91 Å². The first kappa shape index (κ1) is 23.7. The van der Waals surface area contributed by atoms with E-state index in [-0.39, 0.29) is 18.7 Å². The van der Waals surface area contributed by atoms with E-state index < -0.39 is 40.4 Å². The molecule has 0 spiro atoms. The van der Waals surface area contributed by atoms with E-state index in [0.717, 1.165) is 12.1 Å². The minimum absolute atomic E-state index is 0.0898. The van der Waals surface area contributed by atoms with Gasteiger partial charge in [0.2, 0.25) is 5.91 Å². The van der Waals surface area contributed by atoms with Crippen LogP contribution < -0.4 is 10.6 Å². The lowest BCUT2D eigenvalue weighted by molar-refractivity contribution is -0.137. The molecule has 34 heavy (non-hydrogen) atoms. The van der Waals surface area contributed by atoms with Crippen molar-refractivity contribution in [2.45, 2.75) is 25.2 Å². The molecule has 0 bridgehead atoms. The van der Waals surface area contributed by atoms with Gasteiger partial charge in [-0.25, -0.2) is 9.07 Å². The number of ether oxygens (including phenoxy) is 1. The summed E-state index contributed by atoms with van der Waals surface area (Å²) in [6.07, 6.45) is -5.08. The molecule has 2 heterocycles. The molecule has 12 heteroatoms. The number of carbonyl (C=O) groups excluding carboxylic acids is 2. The summed E-state index contributed by atoms with van der Waals surface area (Å²) in [6, 6.07) is 7.51. The molecule has 1 atom stereocenters. The van der Waals surface area contributed by atoms with E-state index >= 15 is 0 Å². The third-order valence-electron chi connectivity index (χ3n) is 5.17. The van der Waals surface area contributed by atoms with Gasteiger partial charge in [0, 0.05) is 18.4 Å². The van der Waals surface area contributed by atoms with Gasteiger partial charge in [-0.2, -0.15) is 18.3 Å². The van der Waals surface area contributed by atoms with Gasteiger partial charge in [0.05, 0.1) is 29.3 Å². The lowest BCUT2D eigenvalue weighted by Gasteiger charge is -2.13. The highest BCUT2D eigenvalue weighted by Crippen LogP contribution is 2.39. The van der Waals surface area contributed by atoms with Crippen LogP contribution >= 0.6 is 11.6 Å². The highest BCUT2D eigenvalue weighted by Gasteiger charge is 2.37. The van der Waals surface area contributed by atoms with E-state index in [0.29, 0.717) is 22.6 Å². The van der Waals surface area contributed by atoms with Crippen LogP contribution in [0.2, 0.25) is 5.02 Å². The molecule has 2 N–H and O–H groups in total. The number of methoxy groups -OCH3 is 1. The van der Waals surface area contributed by atoms with E-state index in [1.165, 1.54) is 42.1 Å². The van der Waals surface area contributed by atoms with Crippen LogP contribution in [0.4, 0.5) is 29.1 Å². The molecule has 2 aromatic carbocycles. The third kappa shape index (κ3) is 4.62. The van der Waals surface area contributed by atoms with Crippen LogP contribution in [0.3, 0.4) is 0 Å². The Labute approximate surface area is 195 Å². The summed E-state index contributed by atoms with van der Waals surface area (Å²) in [5.74, 6) is -1.34. The van der Waals surface area contributed by atoms with Crippen LogP contribution in [0.15, 0.2) is 42.5 Å². The highest BCUT2D eigenvalue weighted by molar-refractivity contribution is 6.31. The third-order valence-corrected chi connectivity index (χ3v) is 5.50. The molecule has 4 rings (SSSR count). The van der Waals surface area contributed by atoms with Gasteiger partial charge in [-0.3, -0.25) is 9.59 Å². The van der Waals surface area contributed by atoms with Crippen molar-refractivity contribution < 1.29 is 31.9 Å². The second-order valence-corrected chi connectivity index (χ2v) is 7.91. The lowest BCUT2D eigenvalue weighted by atomic mass is 10.1. The number of aromatic nitrogens is 2. The molecule has 178 valence electrons. The molecule has 3 aromatic rings. The number of rotatable bonds is 6. The minimum Gasteiger partial charge on any atom is -0.378 e. The number of nitrogens with one attached hydrogen (secondary N) is 2. The van der Waals surface area contributed by atoms with E-state index in [9.17, 15) is 27.2 Å². The first-order valence-corrected chi connectivity index (χ1v) is 10.3. The average molecular weight is 497 g/mol. The van der Waals surface area contributed by atoms with Crippen molar-refractivity contribution in [1.29, 1.82) is 0 Å². The molecule has 1 unspecified atom stereocenters. The predicted octanol–water partition coefficient (Wildman–Crippen LogP) is 5.03. The van der Waals surface area contributed by atoms with Crippen molar-refractivity contribution in [1.82, 2.24) is 9.78 Å². The maximum atomic E-state index is 13.4. The van der Waals surface area contributed by atoms with Crippen molar-refractivity contribution in [3.63, 3.8) is 0 Å². The van der Waals surface area contributed by atoms with Gasteiger partial charge in [-0.05, 0) is 35.9 Å². The maximum Gasteiger partial charge on any atom is 0.417 e. The van der Waals surface area contributed by atoms with Gasteiger partial charge in [0.1, 0.15) is 17.7 Å². The number of anilines is 2. The number of alkyl halides is 3. The van der Waals surface area contributed by atoms with Crippen molar-refractivity contribution >= 4 is 34.9 Å². The number of amides is 2. The monoisotopic (exact) mass is 496 g/mol. The standard InChI is InChI=1S/C22H17ClF4N4O3/c1-34-10-16-19(11-2-4-12(24)5-3-11)20-29-21(33)17(31(20)30-16)9-18(32)28-13-6-7-15(23)14(8-13)22(25,26)27/h2-8,17H,9-10H2,1H3,(H,28,32)(H,29,33). The molecule has 0 fully saturated rings. The number of fused-ring (bicyclic) bond motifs is 1. The Morgan fingerprint density at radius 3 is 2.59 bits per heavy atom. The molecule has 1 aliphatic heterocycles. The summed E-state index contributed by atoms with van der Waals surface area (Å²) >= 11 is 5.60. The second kappa shape index (κ2) is 9.07. The second-order valence-electron chi connectivity index (χ2n) is 7.50.